The van der Waals surface area contributed by atoms with E-state index in [0.717, 1.165) is 0 Å². The van der Waals surface area contributed by atoms with Crippen molar-refractivity contribution in [1.82, 2.24) is 19.9 Å². The molecule has 6 nitrogen and oxygen atoms in total. The van der Waals surface area contributed by atoms with Gasteiger partial charge in [0.05, 0.1) is 28.3 Å². The number of amides is 1. The summed E-state index contributed by atoms with van der Waals surface area (Å²) >= 11 is 0. The minimum Gasteiger partial charge on any atom is -0.465 e. The van der Waals surface area contributed by atoms with Crippen molar-refractivity contribution in [3.8, 4) is 11.3 Å². The number of rotatable bonds is 4. The number of nitrogens with one attached hydrogen (secondary N) is 1. The zero-order chi connectivity index (χ0) is 18.1. The molecule has 3 aromatic rings. The number of pyridine rings is 1. The fourth-order valence-electron chi connectivity index (χ4n) is 3.01. The molecule has 2 N–H and O–H groups in total. The molecule has 1 aromatic carbocycles. The van der Waals surface area contributed by atoms with Crippen LogP contribution in [0.15, 0.2) is 36.5 Å². The first-order valence-corrected chi connectivity index (χ1v) is 8.01. The Labute approximate surface area is 144 Å². The summed E-state index contributed by atoms with van der Waals surface area (Å²) in [5.74, 6) is 0.147. The van der Waals surface area contributed by atoms with Crippen LogP contribution >= 0.6 is 0 Å². The molecular weight excluding hydrogens is 323 g/mol. The van der Waals surface area contributed by atoms with Crippen LogP contribution in [0.2, 0.25) is 0 Å². The van der Waals surface area contributed by atoms with E-state index in [4.69, 9.17) is 5.11 Å². The summed E-state index contributed by atoms with van der Waals surface area (Å²) in [5, 5.41) is 11.4. The molecule has 0 fully saturated rings. The summed E-state index contributed by atoms with van der Waals surface area (Å²) in [6, 6.07) is 7.70. The molecule has 0 spiro atoms. The standard InChI is InChI=1S/C18H19FN4O2/c1-10(2)23-16-14(22-17(23)11(3)21-18(24)25)8-7-12(19)15(16)13-6-4-5-9-20-13/h4-11,21H,1-3H3,(H,24,25)/t11-/m0/s1. The summed E-state index contributed by atoms with van der Waals surface area (Å²) in [5.41, 5.74) is 2.10. The van der Waals surface area contributed by atoms with Crippen LogP contribution in [-0.4, -0.2) is 25.7 Å². The molecule has 0 aliphatic carbocycles. The van der Waals surface area contributed by atoms with E-state index in [9.17, 15) is 9.18 Å². The second kappa shape index (κ2) is 6.51. The smallest absolute Gasteiger partial charge is 0.405 e. The molecule has 0 saturated heterocycles. The zero-order valence-corrected chi connectivity index (χ0v) is 14.2. The number of nitrogens with zero attached hydrogens (tertiary/aromatic N) is 3. The fraction of sp³-hybridized carbons (Fsp3) is 0.278. The maximum atomic E-state index is 14.7. The Balaban J connectivity index is 2.33. The third-order valence-electron chi connectivity index (χ3n) is 3.99. The van der Waals surface area contributed by atoms with Crippen molar-refractivity contribution in [2.45, 2.75) is 32.9 Å². The van der Waals surface area contributed by atoms with Crippen LogP contribution in [0.1, 0.15) is 38.7 Å². The molecule has 3 rings (SSSR count). The Morgan fingerprint density at radius 1 is 1.24 bits per heavy atom. The van der Waals surface area contributed by atoms with Crippen LogP contribution in [-0.2, 0) is 0 Å². The molecule has 0 unspecified atom stereocenters. The summed E-state index contributed by atoms with van der Waals surface area (Å²) < 4.78 is 16.5. The van der Waals surface area contributed by atoms with Crippen LogP contribution in [0.3, 0.4) is 0 Å². The van der Waals surface area contributed by atoms with Crippen LogP contribution in [0.4, 0.5) is 9.18 Å². The van der Waals surface area contributed by atoms with Gasteiger partial charge < -0.3 is 15.0 Å². The summed E-state index contributed by atoms with van der Waals surface area (Å²) in [6.45, 7) is 5.61. The Kier molecular flexibility index (Phi) is 4.39. The van der Waals surface area contributed by atoms with E-state index in [1.165, 1.54) is 6.07 Å². The number of carbonyl (C=O) groups is 1. The maximum Gasteiger partial charge on any atom is 0.405 e. The molecule has 0 bridgehead atoms. The summed E-state index contributed by atoms with van der Waals surface area (Å²) in [6.07, 6.45) is 0.477. The first-order valence-electron chi connectivity index (χ1n) is 8.01. The highest BCUT2D eigenvalue weighted by molar-refractivity contribution is 5.92. The second-order valence-corrected chi connectivity index (χ2v) is 6.11. The maximum absolute atomic E-state index is 14.7. The third kappa shape index (κ3) is 3.05. The lowest BCUT2D eigenvalue weighted by molar-refractivity contribution is 0.190. The number of benzene rings is 1. The van der Waals surface area contributed by atoms with Gasteiger partial charge in [-0.1, -0.05) is 6.07 Å². The van der Waals surface area contributed by atoms with Crippen LogP contribution in [0.5, 0.6) is 0 Å². The second-order valence-electron chi connectivity index (χ2n) is 6.11. The van der Waals surface area contributed by atoms with Gasteiger partial charge in [0, 0.05) is 12.2 Å². The van der Waals surface area contributed by atoms with E-state index in [0.29, 0.717) is 28.1 Å². The molecular formula is C18H19FN4O2. The molecule has 0 aliphatic rings. The average molecular weight is 342 g/mol. The zero-order valence-electron chi connectivity index (χ0n) is 14.2. The van der Waals surface area contributed by atoms with Gasteiger partial charge in [-0.2, -0.15) is 0 Å². The first kappa shape index (κ1) is 16.9. The Hall–Kier alpha value is -2.96. The number of aromatic nitrogens is 3. The SMILES string of the molecule is CC(C)n1c([C@H](C)NC(=O)O)nc2ccc(F)c(-c3ccccn3)c21. The van der Waals surface area contributed by atoms with Crippen molar-refractivity contribution in [2.75, 3.05) is 0 Å². The average Bonchev–Trinajstić information content (AvgIpc) is 2.94. The molecule has 1 atom stereocenters. The molecule has 25 heavy (non-hydrogen) atoms. The van der Waals surface area contributed by atoms with E-state index in [1.54, 1.807) is 37.4 Å². The minimum atomic E-state index is -1.13. The van der Waals surface area contributed by atoms with E-state index in [2.05, 4.69) is 15.3 Å². The molecule has 7 heteroatoms. The topological polar surface area (TPSA) is 80.0 Å². The van der Waals surface area contributed by atoms with Crippen molar-refractivity contribution >= 4 is 17.1 Å². The molecule has 2 heterocycles. The normalized spacial score (nSPS) is 12.5. The molecule has 0 radical (unpaired) electrons. The fourth-order valence-corrected chi connectivity index (χ4v) is 3.01. The van der Waals surface area contributed by atoms with Crippen molar-refractivity contribution in [2.24, 2.45) is 0 Å². The van der Waals surface area contributed by atoms with Crippen molar-refractivity contribution in [1.29, 1.82) is 0 Å². The predicted molar refractivity (Wildman–Crippen MR) is 92.9 cm³/mol. The van der Waals surface area contributed by atoms with Gasteiger partial charge in [-0.25, -0.2) is 14.2 Å². The Morgan fingerprint density at radius 3 is 2.60 bits per heavy atom. The van der Waals surface area contributed by atoms with Gasteiger partial charge in [0.1, 0.15) is 11.6 Å². The number of fused-ring (bicyclic) bond motifs is 1. The molecule has 1 amide bonds. The van der Waals surface area contributed by atoms with E-state index >= 15 is 0 Å². The van der Waals surface area contributed by atoms with Gasteiger partial charge in [-0.15, -0.1) is 0 Å². The molecule has 0 aliphatic heterocycles. The van der Waals surface area contributed by atoms with Crippen LogP contribution < -0.4 is 5.32 Å². The molecule has 0 saturated carbocycles. The number of hydrogen-bond donors (Lipinski definition) is 2. The quantitative estimate of drug-likeness (QED) is 0.746. The van der Waals surface area contributed by atoms with Gasteiger partial charge >= 0.3 is 6.09 Å². The lowest BCUT2D eigenvalue weighted by Crippen LogP contribution is -2.27. The van der Waals surface area contributed by atoms with Gasteiger partial charge in [0.25, 0.3) is 0 Å². The number of carboxylic acid groups (broad SMARTS) is 1. The van der Waals surface area contributed by atoms with Crippen molar-refractivity contribution in [3.05, 3.63) is 48.2 Å². The van der Waals surface area contributed by atoms with Gasteiger partial charge in [-0.3, -0.25) is 4.98 Å². The largest absolute Gasteiger partial charge is 0.465 e. The van der Waals surface area contributed by atoms with Crippen molar-refractivity contribution < 1.29 is 14.3 Å². The first-order chi connectivity index (χ1) is 11.9. The highest BCUT2D eigenvalue weighted by Crippen LogP contribution is 2.34. The third-order valence-corrected chi connectivity index (χ3v) is 3.99. The molecule has 130 valence electrons. The predicted octanol–water partition coefficient (Wildman–Crippen LogP) is 4.15. The van der Waals surface area contributed by atoms with Gasteiger partial charge in [0.15, 0.2) is 0 Å². The van der Waals surface area contributed by atoms with Crippen molar-refractivity contribution in [3.63, 3.8) is 0 Å². The van der Waals surface area contributed by atoms with Crippen LogP contribution in [0, 0.1) is 5.82 Å². The highest BCUT2D eigenvalue weighted by atomic mass is 19.1. The monoisotopic (exact) mass is 342 g/mol. The minimum absolute atomic E-state index is 0.0395. The summed E-state index contributed by atoms with van der Waals surface area (Å²) in [7, 11) is 0. The van der Waals surface area contributed by atoms with Gasteiger partial charge in [-0.05, 0) is 45.0 Å². The van der Waals surface area contributed by atoms with E-state index in [-0.39, 0.29) is 6.04 Å². The van der Waals surface area contributed by atoms with E-state index in [1.807, 2.05) is 18.4 Å². The number of hydrogen-bond acceptors (Lipinski definition) is 3. The van der Waals surface area contributed by atoms with Crippen LogP contribution in [0.25, 0.3) is 22.3 Å². The highest BCUT2D eigenvalue weighted by Gasteiger charge is 2.24. The molecule has 2 aromatic heterocycles. The van der Waals surface area contributed by atoms with Gasteiger partial charge in [0.2, 0.25) is 0 Å². The Bertz CT molecular complexity index is 922. The van der Waals surface area contributed by atoms with E-state index < -0.39 is 18.0 Å². The lowest BCUT2D eigenvalue weighted by Gasteiger charge is -2.18. The number of imidazole rings is 1. The number of halogens is 1. The summed E-state index contributed by atoms with van der Waals surface area (Å²) in [4.78, 5) is 19.8. The Morgan fingerprint density at radius 2 is 2.00 bits per heavy atom. The lowest BCUT2D eigenvalue weighted by atomic mass is 10.1.